The molecule has 1 aromatic heterocycles. The summed E-state index contributed by atoms with van der Waals surface area (Å²) in [5.74, 6) is 0. The van der Waals surface area contributed by atoms with Gasteiger partial charge in [0.1, 0.15) is 0 Å². The molecule has 0 atom stereocenters. The Labute approximate surface area is 94.3 Å². The van der Waals surface area contributed by atoms with Gasteiger partial charge in [0.25, 0.3) is 0 Å². The predicted octanol–water partition coefficient (Wildman–Crippen LogP) is 2.63. The van der Waals surface area contributed by atoms with E-state index in [9.17, 15) is 4.79 Å². The smallest absolute Gasteiger partial charge is 0.192 e. The third-order valence-electron chi connectivity index (χ3n) is 3.75. The van der Waals surface area contributed by atoms with Gasteiger partial charge in [-0.1, -0.05) is 6.07 Å². The van der Waals surface area contributed by atoms with E-state index in [2.05, 4.69) is 18.8 Å². The van der Waals surface area contributed by atoms with Crippen molar-refractivity contribution in [3.8, 4) is 0 Å². The van der Waals surface area contributed by atoms with E-state index in [0.29, 0.717) is 0 Å². The average molecular weight is 213 g/mol. The lowest BCUT2D eigenvalue weighted by atomic mass is 10.0. The van der Waals surface area contributed by atoms with E-state index >= 15 is 0 Å². The summed E-state index contributed by atoms with van der Waals surface area (Å²) in [7, 11) is 0. The Hall–Kier alpha value is -1.57. The zero-order valence-electron chi connectivity index (χ0n) is 9.68. The van der Waals surface area contributed by atoms with Crippen molar-refractivity contribution < 1.29 is 0 Å². The highest BCUT2D eigenvalue weighted by molar-refractivity contribution is 5.83. The van der Waals surface area contributed by atoms with Gasteiger partial charge in [0.2, 0.25) is 0 Å². The lowest BCUT2D eigenvalue weighted by Gasteiger charge is -2.08. The molecule has 3 rings (SSSR count). The van der Waals surface area contributed by atoms with Crippen molar-refractivity contribution >= 4 is 10.9 Å². The molecular formula is C14H15NO. The molecular weight excluding hydrogens is 198 g/mol. The maximum atomic E-state index is 12.3. The Bertz CT molecular complexity index is 637. The lowest BCUT2D eigenvalue weighted by Crippen LogP contribution is -2.11. The highest BCUT2D eigenvalue weighted by Gasteiger charge is 2.17. The van der Waals surface area contributed by atoms with Gasteiger partial charge in [-0.15, -0.1) is 0 Å². The number of benzene rings is 1. The highest BCUT2D eigenvalue weighted by Crippen LogP contribution is 2.23. The van der Waals surface area contributed by atoms with Crippen LogP contribution in [0.3, 0.4) is 0 Å². The molecule has 0 amide bonds. The molecule has 0 spiro atoms. The summed E-state index contributed by atoms with van der Waals surface area (Å²) in [6.45, 7) is 4.16. The van der Waals surface area contributed by atoms with Gasteiger partial charge in [-0.05, 0) is 50.3 Å². The summed E-state index contributed by atoms with van der Waals surface area (Å²) in [5, 5.41) is 0.851. The van der Waals surface area contributed by atoms with Crippen LogP contribution >= 0.6 is 0 Å². The Balaban J connectivity index is 2.51. The summed E-state index contributed by atoms with van der Waals surface area (Å²) in [4.78, 5) is 15.7. The molecule has 1 heterocycles. The Morgan fingerprint density at radius 2 is 2.00 bits per heavy atom. The normalized spacial score (nSPS) is 14.4. The maximum absolute atomic E-state index is 12.3. The van der Waals surface area contributed by atoms with Gasteiger partial charge in [0, 0.05) is 16.6 Å². The molecule has 0 aliphatic heterocycles. The first kappa shape index (κ1) is 9.64. The molecule has 2 nitrogen and oxygen atoms in total. The van der Waals surface area contributed by atoms with Gasteiger partial charge in [-0.25, -0.2) is 0 Å². The van der Waals surface area contributed by atoms with Crippen LogP contribution in [0.4, 0.5) is 0 Å². The Morgan fingerprint density at radius 1 is 1.19 bits per heavy atom. The standard InChI is InChI=1S/C14H15NO/c1-8-6-7-11-13(9(8)2)15-12-5-3-4-10(12)14(11)16/h6-7H,3-5H2,1-2H3,(H,15,16). The topological polar surface area (TPSA) is 32.9 Å². The van der Waals surface area contributed by atoms with Crippen LogP contribution in [0.2, 0.25) is 0 Å². The quantitative estimate of drug-likeness (QED) is 0.717. The Morgan fingerprint density at radius 3 is 2.81 bits per heavy atom. The summed E-state index contributed by atoms with van der Waals surface area (Å²) in [6.07, 6.45) is 3.07. The first-order valence-electron chi connectivity index (χ1n) is 5.82. The minimum Gasteiger partial charge on any atom is -0.358 e. The third kappa shape index (κ3) is 1.16. The molecule has 0 radical (unpaired) electrons. The van der Waals surface area contributed by atoms with Crippen molar-refractivity contribution in [1.82, 2.24) is 4.98 Å². The van der Waals surface area contributed by atoms with Crippen molar-refractivity contribution in [2.75, 3.05) is 0 Å². The molecule has 2 aromatic rings. The zero-order chi connectivity index (χ0) is 11.3. The zero-order valence-corrected chi connectivity index (χ0v) is 9.68. The predicted molar refractivity (Wildman–Crippen MR) is 66.1 cm³/mol. The van der Waals surface area contributed by atoms with Crippen molar-refractivity contribution in [2.24, 2.45) is 0 Å². The van der Waals surface area contributed by atoms with Crippen molar-refractivity contribution in [3.05, 3.63) is 44.7 Å². The number of rotatable bonds is 0. The maximum Gasteiger partial charge on any atom is 0.192 e. The third-order valence-corrected chi connectivity index (χ3v) is 3.75. The van der Waals surface area contributed by atoms with E-state index < -0.39 is 0 Å². The van der Waals surface area contributed by atoms with E-state index in [1.807, 2.05) is 12.1 Å². The fourth-order valence-corrected chi connectivity index (χ4v) is 2.61. The summed E-state index contributed by atoms with van der Waals surface area (Å²) < 4.78 is 0. The van der Waals surface area contributed by atoms with E-state index in [1.165, 1.54) is 11.1 Å². The van der Waals surface area contributed by atoms with Gasteiger partial charge in [-0.2, -0.15) is 0 Å². The van der Waals surface area contributed by atoms with Crippen LogP contribution in [0.1, 0.15) is 28.8 Å². The molecule has 0 bridgehead atoms. The monoisotopic (exact) mass is 213 g/mol. The molecule has 0 saturated heterocycles. The second-order valence-electron chi connectivity index (χ2n) is 4.69. The van der Waals surface area contributed by atoms with E-state index in [0.717, 1.165) is 41.4 Å². The fraction of sp³-hybridized carbons (Fsp3) is 0.357. The first-order chi connectivity index (χ1) is 7.68. The number of hydrogen-bond acceptors (Lipinski definition) is 1. The molecule has 2 heteroatoms. The second kappa shape index (κ2) is 3.21. The van der Waals surface area contributed by atoms with Crippen LogP contribution < -0.4 is 5.43 Å². The number of aryl methyl sites for hydroxylation is 3. The largest absolute Gasteiger partial charge is 0.358 e. The minimum atomic E-state index is 0.240. The van der Waals surface area contributed by atoms with Crippen molar-refractivity contribution in [1.29, 1.82) is 0 Å². The van der Waals surface area contributed by atoms with Gasteiger partial charge >= 0.3 is 0 Å². The van der Waals surface area contributed by atoms with Crippen LogP contribution in [0.25, 0.3) is 10.9 Å². The van der Waals surface area contributed by atoms with Crippen LogP contribution in [0.5, 0.6) is 0 Å². The van der Waals surface area contributed by atoms with Gasteiger partial charge in [0.05, 0.1) is 5.52 Å². The molecule has 1 N–H and O–H groups in total. The first-order valence-corrected chi connectivity index (χ1v) is 5.82. The second-order valence-corrected chi connectivity index (χ2v) is 4.69. The van der Waals surface area contributed by atoms with Crippen molar-refractivity contribution in [2.45, 2.75) is 33.1 Å². The number of aromatic nitrogens is 1. The van der Waals surface area contributed by atoms with E-state index in [1.54, 1.807) is 0 Å². The SMILES string of the molecule is Cc1ccc2c(=O)c3c([nH]c2c1C)CCC3. The molecule has 0 fully saturated rings. The Kier molecular flexibility index (Phi) is 1.93. The van der Waals surface area contributed by atoms with Crippen LogP contribution in [-0.4, -0.2) is 4.98 Å². The number of nitrogens with one attached hydrogen (secondary N) is 1. The summed E-state index contributed by atoms with van der Waals surface area (Å²) in [6, 6.07) is 3.99. The molecule has 1 aliphatic rings. The van der Waals surface area contributed by atoms with E-state index in [4.69, 9.17) is 0 Å². The van der Waals surface area contributed by atoms with Gasteiger partial charge < -0.3 is 4.98 Å². The number of pyridine rings is 1. The van der Waals surface area contributed by atoms with Crippen LogP contribution in [0, 0.1) is 13.8 Å². The minimum absolute atomic E-state index is 0.240. The molecule has 82 valence electrons. The summed E-state index contributed by atoms with van der Waals surface area (Å²) >= 11 is 0. The highest BCUT2D eigenvalue weighted by atomic mass is 16.1. The lowest BCUT2D eigenvalue weighted by molar-refractivity contribution is 0.900. The van der Waals surface area contributed by atoms with Crippen LogP contribution in [-0.2, 0) is 12.8 Å². The average Bonchev–Trinajstić information content (AvgIpc) is 2.73. The molecule has 1 aromatic carbocycles. The molecule has 0 unspecified atom stereocenters. The molecule has 16 heavy (non-hydrogen) atoms. The number of fused-ring (bicyclic) bond motifs is 2. The number of hydrogen-bond donors (Lipinski definition) is 1. The fourth-order valence-electron chi connectivity index (χ4n) is 2.61. The van der Waals surface area contributed by atoms with Crippen molar-refractivity contribution in [3.63, 3.8) is 0 Å². The molecule has 0 saturated carbocycles. The van der Waals surface area contributed by atoms with Gasteiger partial charge in [0.15, 0.2) is 5.43 Å². The van der Waals surface area contributed by atoms with Crippen LogP contribution in [0.15, 0.2) is 16.9 Å². The number of aromatic amines is 1. The van der Waals surface area contributed by atoms with E-state index in [-0.39, 0.29) is 5.43 Å². The molecule has 1 aliphatic carbocycles. The number of H-pyrrole nitrogens is 1. The van der Waals surface area contributed by atoms with Gasteiger partial charge in [-0.3, -0.25) is 4.79 Å². The summed E-state index contributed by atoms with van der Waals surface area (Å²) in [5.41, 5.74) is 5.88.